The summed E-state index contributed by atoms with van der Waals surface area (Å²) in [6.07, 6.45) is 0.352. The number of hydrogen-bond donors (Lipinski definition) is 1. The molecular formula is C7H14ClNO4S. The third-order valence-corrected chi connectivity index (χ3v) is 3.26. The molecule has 0 aliphatic rings. The second-order valence-corrected chi connectivity index (χ2v) is 4.98. The van der Waals surface area contributed by atoms with Crippen LogP contribution in [0.2, 0.25) is 0 Å². The van der Waals surface area contributed by atoms with Crippen molar-refractivity contribution >= 4 is 27.6 Å². The van der Waals surface area contributed by atoms with Gasteiger partial charge in [0.1, 0.15) is 6.04 Å². The van der Waals surface area contributed by atoms with Crippen molar-refractivity contribution in [3.63, 3.8) is 0 Å². The number of hydrogen-bond acceptors (Lipinski definition) is 4. The lowest BCUT2D eigenvalue weighted by Gasteiger charge is -2.11. The van der Waals surface area contributed by atoms with Gasteiger partial charge in [0.15, 0.2) is 0 Å². The zero-order valence-electron chi connectivity index (χ0n) is 8.12. The zero-order valence-corrected chi connectivity index (χ0v) is 9.69. The highest BCUT2D eigenvalue weighted by atomic mass is 35.5. The number of methoxy groups -OCH3 is 1. The molecule has 0 aromatic heterocycles. The number of ether oxygens (including phenoxy) is 1. The minimum atomic E-state index is -3.43. The van der Waals surface area contributed by atoms with E-state index < -0.39 is 22.0 Å². The van der Waals surface area contributed by atoms with Crippen molar-refractivity contribution in [2.24, 2.45) is 0 Å². The maximum atomic E-state index is 11.2. The Morgan fingerprint density at radius 2 is 2.14 bits per heavy atom. The molecule has 5 nitrogen and oxygen atoms in total. The van der Waals surface area contributed by atoms with Crippen LogP contribution in [0.5, 0.6) is 0 Å². The van der Waals surface area contributed by atoms with Crippen molar-refractivity contribution in [2.45, 2.75) is 19.4 Å². The molecule has 84 valence electrons. The lowest BCUT2D eigenvalue weighted by atomic mass is 10.4. The third kappa shape index (κ3) is 5.41. The highest BCUT2D eigenvalue weighted by molar-refractivity contribution is 7.89. The van der Waals surface area contributed by atoms with Crippen LogP contribution in [-0.4, -0.2) is 39.2 Å². The average Bonchev–Trinajstić information content (AvgIpc) is 2.12. The second kappa shape index (κ2) is 6.21. The van der Waals surface area contributed by atoms with Gasteiger partial charge in [-0.05, 0) is 13.3 Å². The van der Waals surface area contributed by atoms with Crippen LogP contribution in [0, 0.1) is 0 Å². The van der Waals surface area contributed by atoms with Gasteiger partial charge in [-0.2, -0.15) is 0 Å². The molecule has 0 rings (SSSR count). The van der Waals surface area contributed by atoms with Gasteiger partial charge in [-0.25, -0.2) is 13.1 Å². The molecule has 0 amide bonds. The van der Waals surface area contributed by atoms with Gasteiger partial charge in [-0.1, -0.05) is 0 Å². The maximum Gasteiger partial charge on any atom is 0.323 e. The van der Waals surface area contributed by atoms with Crippen LogP contribution in [0.4, 0.5) is 0 Å². The predicted octanol–water partition coefficient (Wildman–Crippen LogP) is 0.0962. The molecule has 1 unspecified atom stereocenters. The van der Waals surface area contributed by atoms with Gasteiger partial charge >= 0.3 is 5.97 Å². The highest BCUT2D eigenvalue weighted by Crippen LogP contribution is 1.95. The molecule has 0 bridgehead atoms. The number of nitrogens with one attached hydrogen (secondary N) is 1. The van der Waals surface area contributed by atoms with Crippen LogP contribution >= 0.6 is 11.6 Å². The molecule has 0 heterocycles. The summed E-state index contributed by atoms with van der Waals surface area (Å²) in [4.78, 5) is 10.9. The monoisotopic (exact) mass is 243 g/mol. The highest BCUT2D eigenvalue weighted by Gasteiger charge is 2.19. The first kappa shape index (κ1) is 13.7. The first-order valence-electron chi connectivity index (χ1n) is 4.06. The smallest absolute Gasteiger partial charge is 0.323 e. The molecule has 0 aliphatic carbocycles. The molecule has 7 heteroatoms. The molecule has 0 saturated heterocycles. The van der Waals surface area contributed by atoms with Crippen LogP contribution in [0.3, 0.4) is 0 Å². The maximum absolute atomic E-state index is 11.2. The topological polar surface area (TPSA) is 72.5 Å². The number of carbonyl (C=O) groups is 1. The fraction of sp³-hybridized carbons (Fsp3) is 0.857. The van der Waals surface area contributed by atoms with Crippen molar-refractivity contribution < 1.29 is 17.9 Å². The largest absolute Gasteiger partial charge is 0.468 e. The molecule has 1 N–H and O–H groups in total. The second-order valence-electron chi connectivity index (χ2n) is 2.72. The summed E-state index contributed by atoms with van der Waals surface area (Å²) in [5, 5.41) is 0. The number of alkyl halides is 1. The van der Waals surface area contributed by atoms with Gasteiger partial charge in [-0.3, -0.25) is 4.79 Å². The first-order valence-corrected chi connectivity index (χ1v) is 6.25. The summed E-state index contributed by atoms with van der Waals surface area (Å²) in [6.45, 7) is 1.42. The summed E-state index contributed by atoms with van der Waals surface area (Å²) < 4.78 is 29.0. The van der Waals surface area contributed by atoms with Crippen LogP contribution in [-0.2, 0) is 19.6 Å². The molecule has 14 heavy (non-hydrogen) atoms. The normalized spacial score (nSPS) is 13.6. The summed E-state index contributed by atoms with van der Waals surface area (Å²) in [5.74, 6) is -0.426. The molecule has 1 atom stereocenters. The lowest BCUT2D eigenvalue weighted by Crippen LogP contribution is -2.40. The number of esters is 1. The summed E-state index contributed by atoms with van der Waals surface area (Å²) >= 11 is 5.35. The Labute approximate surface area is 88.8 Å². The van der Waals surface area contributed by atoms with Crippen LogP contribution < -0.4 is 4.72 Å². The molecular weight excluding hydrogens is 230 g/mol. The first-order chi connectivity index (χ1) is 6.43. The van der Waals surface area contributed by atoms with Gasteiger partial charge in [0.05, 0.1) is 12.9 Å². The summed E-state index contributed by atoms with van der Waals surface area (Å²) in [5.41, 5.74) is 0. The van der Waals surface area contributed by atoms with E-state index in [4.69, 9.17) is 11.6 Å². The Bertz CT molecular complexity index is 277. The minimum absolute atomic E-state index is 0.0855. The van der Waals surface area contributed by atoms with E-state index in [-0.39, 0.29) is 11.6 Å². The van der Waals surface area contributed by atoms with Gasteiger partial charge in [0.25, 0.3) is 0 Å². The van der Waals surface area contributed by atoms with Gasteiger partial charge in [0, 0.05) is 5.88 Å². The van der Waals surface area contributed by atoms with Crippen LogP contribution in [0.15, 0.2) is 0 Å². The van der Waals surface area contributed by atoms with E-state index in [0.717, 1.165) is 0 Å². The molecule has 0 aromatic carbocycles. The van der Waals surface area contributed by atoms with E-state index in [1.807, 2.05) is 0 Å². The number of sulfonamides is 1. The fourth-order valence-electron chi connectivity index (χ4n) is 0.798. The molecule has 0 aromatic rings. The Hall–Kier alpha value is -0.330. The van der Waals surface area contributed by atoms with E-state index in [1.165, 1.54) is 14.0 Å². The number of rotatable bonds is 6. The molecule has 0 radical (unpaired) electrons. The standard InChI is InChI=1S/C7H14ClNO4S/c1-6(7(10)13-2)9-14(11,12)5-3-4-8/h6,9H,3-5H2,1-2H3. The zero-order chi connectivity index (χ0) is 11.2. The van der Waals surface area contributed by atoms with Crippen molar-refractivity contribution in [1.82, 2.24) is 4.72 Å². The van der Waals surface area contributed by atoms with Gasteiger partial charge in [0.2, 0.25) is 10.0 Å². The van der Waals surface area contributed by atoms with E-state index in [2.05, 4.69) is 9.46 Å². The van der Waals surface area contributed by atoms with E-state index in [9.17, 15) is 13.2 Å². The Kier molecular flexibility index (Phi) is 6.06. The molecule has 0 spiro atoms. The summed E-state index contributed by atoms with van der Waals surface area (Å²) in [6, 6.07) is -0.861. The van der Waals surface area contributed by atoms with Crippen molar-refractivity contribution in [1.29, 1.82) is 0 Å². The quantitative estimate of drug-likeness (QED) is 0.530. The SMILES string of the molecule is COC(=O)C(C)NS(=O)(=O)CCCCl. The Morgan fingerprint density at radius 1 is 1.57 bits per heavy atom. The minimum Gasteiger partial charge on any atom is -0.468 e. The van der Waals surface area contributed by atoms with Crippen molar-refractivity contribution in [3.8, 4) is 0 Å². The number of carbonyl (C=O) groups excluding carboxylic acids is 1. The fourth-order valence-corrected chi connectivity index (χ4v) is 2.37. The Morgan fingerprint density at radius 3 is 2.57 bits per heavy atom. The Balaban J connectivity index is 4.15. The van der Waals surface area contributed by atoms with E-state index in [0.29, 0.717) is 6.42 Å². The van der Waals surface area contributed by atoms with E-state index >= 15 is 0 Å². The van der Waals surface area contributed by atoms with Crippen molar-refractivity contribution in [3.05, 3.63) is 0 Å². The third-order valence-electron chi connectivity index (χ3n) is 1.46. The lowest BCUT2D eigenvalue weighted by molar-refractivity contribution is -0.142. The molecule has 0 aliphatic heterocycles. The van der Waals surface area contributed by atoms with Crippen molar-refractivity contribution in [2.75, 3.05) is 18.7 Å². The summed E-state index contributed by atoms with van der Waals surface area (Å²) in [7, 11) is -2.23. The molecule has 0 fully saturated rings. The van der Waals surface area contributed by atoms with E-state index in [1.54, 1.807) is 0 Å². The van der Waals surface area contributed by atoms with Crippen LogP contribution in [0.1, 0.15) is 13.3 Å². The van der Waals surface area contributed by atoms with Crippen LogP contribution in [0.25, 0.3) is 0 Å². The number of halogens is 1. The molecule has 0 saturated carbocycles. The van der Waals surface area contributed by atoms with Gasteiger partial charge < -0.3 is 4.74 Å². The average molecular weight is 244 g/mol. The van der Waals surface area contributed by atoms with Gasteiger partial charge in [-0.15, -0.1) is 11.6 Å². The predicted molar refractivity (Wildman–Crippen MR) is 53.7 cm³/mol.